The predicted molar refractivity (Wildman–Crippen MR) is 128 cm³/mol. The Hall–Kier alpha value is -3.21. The van der Waals surface area contributed by atoms with Gasteiger partial charge in [0.25, 0.3) is 5.91 Å². The molecule has 1 aliphatic rings. The number of benzene rings is 2. The summed E-state index contributed by atoms with van der Waals surface area (Å²) in [5.41, 5.74) is 6.20. The van der Waals surface area contributed by atoms with Crippen molar-refractivity contribution >= 4 is 11.6 Å². The smallest absolute Gasteiger partial charge is 0.289 e. The van der Waals surface area contributed by atoms with E-state index in [1.807, 2.05) is 29.2 Å². The van der Waals surface area contributed by atoms with Crippen molar-refractivity contribution in [2.75, 3.05) is 31.6 Å². The molecule has 0 bridgehead atoms. The van der Waals surface area contributed by atoms with Crippen LogP contribution in [0.25, 0.3) is 0 Å². The van der Waals surface area contributed by atoms with Crippen LogP contribution in [-0.2, 0) is 6.42 Å². The number of furan rings is 1. The Bertz CT molecular complexity index is 1080. The summed E-state index contributed by atoms with van der Waals surface area (Å²) < 4.78 is 11.3. The molecule has 3 aromatic rings. The summed E-state index contributed by atoms with van der Waals surface area (Å²) in [6.45, 7) is 10.7. The van der Waals surface area contributed by atoms with Crippen molar-refractivity contribution in [3.05, 3.63) is 82.3 Å². The minimum atomic E-state index is -0.0326. The van der Waals surface area contributed by atoms with Crippen LogP contribution >= 0.6 is 0 Å². The number of amides is 1. The van der Waals surface area contributed by atoms with Gasteiger partial charge in [0, 0.05) is 37.8 Å². The first-order chi connectivity index (χ1) is 15.4. The van der Waals surface area contributed by atoms with E-state index in [0.29, 0.717) is 25.3 Å². The van der Waals surface area contributed by atoms with E-state index >= 15 is 0 Å². The molecule has 1 fully saturated rings. The van der Waals surface area contributed by atoms with Gasteiger partial charge in [-0.3, -0.25) is 4.79 Å². The van der Waals surface area contributed by atoms with E-state index in [9.17, 15) is 4.79 Å². The van der Waals surface area contributed by atoms with Gasteiger partial charge in [-0.15, -0.1) is 0 Å². The summed E-state index contributed by atoms with van der Waals surface area (Å²) in [5.74, 6) is 2.07. The van der Waals surface area contributed by atoms with E-state index in [-0.39, 0.29) is 11.9 Å². The fourth-order valence-corrected chi connectivity index (χ4v) is 4.71. The number of carbonyl (C=O) groups excluding carboxylic acids is 1. The number of methoxy groups -OCH3 is 1. The molecule has 2 heterocycles. The van der Waals surface area contributed by atoms with E-state index < -0.39 is 0 Å². The number of hydrogen-bond acceptors (Lipinski definition) is 4. The van der Waals surface area contributed by atoms with E-state index in [2.05, 4.69) is 56.9 Å². The van der Waals surface area contributed by atoms with Gasteiger partial charge in [0.2, 0.25) is 0 Å². The van der Waals surface area contributed by atoms with E-state index in [4.69, 9.17) is 9.15 Å². The molecule has 1 unspecified atom stereocenters. The molecule has 1 amide bonds. The van der Waals surface area contributed by atoms with Crippen LogP contribution < -0.4 is 9.64 Å². The lowest BCUT2D eigenvalue weighted by molar-refractivity contribution is 0.0692. The predicted octanol–water partition coefficient (Wildman–Crippen LogP) is 5.16. The van der Waals surface area contributed by atoms with Crippen LogP contribution in [0.2, 0.25) is 0 Å². The van der Waals surface area contributed by atoms with Crippen LogP contribution in [-0.4, -0.2) is 43.6 Å². The second-order valence-electron chi connectivity index (χ2n) is 8.81. The molecule has 1 saturated heterocycles. The SMILES string of the molecule is COc1ccc(N2CCN(C(=O)c3ccc(Cc4c(C)cc(C)cc4C)o3)CC2C)cc1. The quantitative estimate of drug-likeness (QED) is 0.559. The van der Waals surface area contributed by atoms with Crippen molar-refractivity contribution < 1.29 is 13.9 Å². The number of anilines is 1. The maximum atomic E-state index is 13.1. The van der Waals surface area contributed by atoms with E-state index in [1.165, 1.54) is 22.3 Å². The minimum Gasteiger partial charge on any atom is -0.497 e. The van der Waals surface area contributed by atoms with Gasteiger partial charge in [0.15, 0.2) is 5.76 Å². The highest BCUT2D eigenvalue weighted by Gasteiger charge is 2.29. The lowest BCUT2D eigenvalue weighted by Crippen LogP contribution is -2.53. The molecule has 1 atom stereocenters. The molecule has 168 valence electrons. The third kappa shape index (κ3) is 4.52. The molecule has 0 radical (unpaired) electrons. The minimum absolute atomic E-state index is 0.0326. The molecule has 1 aliphatic heterocycles. The highest BCUT2D eigenvalue weighted by atomic mass is 16.5. The maximum Gasteiger partial charge on any atom is 0.289 e. The first-order valence-electron chi connectivity index (χ1n) is 11.2. The van der Waals surface area contributed by atoms with Gasteiger partial charge in [-0.2, -0.15) is 0 Å². The molecule has 0 spiro atoms. The van der Waals surface area contributed by atoms with Gasteiger partial charge in [0.05, 0.1) is 7.11 Å². The highest BCUT2D eigenvalue weighted by Crippen LogP contribution is 2.25. The average Bonchev–Trinajstić information content (AvgIpc) is 3.24. The van der Waals surface area contributed by atoms with Crippen molar-refractivity contribution in [1.82, 2.24) is 4.90 Å². The second kappa shape index (κ2) is 9.11. The Morgan fingerprint density at radius 3 is 2.34 bits per heavy atom. The molecule has 0 aliphatic carbocycles. The zero-order valence-electron chi connectivity index (χ0n) is 19.6. The van der Waals surface area contributed by atoms with Gasteiger partial charge in [-0.25, -0.2) is 0 Å². The topological polar surface area (TPSA) is 45.9 Å². The maximum absolute atomic E-state index is 13.1. The third-order valence-electron chi connectivity index (χ3n) is 6.38. The number of carbonyl (C=O) groups is 1. The Balaban J connectivity index is 1.42. The number of ether oxygens (including phenoxy) is 1. The number of nitrogens with zero attached hydrogens (tertiary/aromatic N) is 2. The van der Waals surface area contributed by atoms with Crippen LogP contribution in [0.4, 0.5) is 5.69 Å². The molecule has 0 saturated carbocycles. The average molecular weight is 433 g/mol. The van der Waals surface area contributed by atoms with Crippen LogP contribution in [0.1, 0.15) is 45.5 Å². The number of rotatable bonds is 5. The Morgan fingerprint density at radius 2 is 1.72 bits per heavy atom. The number of aryl methyl sites for hydroxylation is 3. The molecular formula is C27H32N2O3. The standard InChI is InChI=1S/C27H32N2O3/c1-18-14-19(2)25(20(3)15-18)16-24-10-11-26(32-24)27(30)28-12-13-29(21(4)17-28)22-6-8-23(31-5)9-7-22/h6-11,14-15,21H,12-13,16-17H2,1-5H3. The second-order valence-corrected chi connectivity index (χ2v) is 8.81. The zero-order valence-corrected chi connectivity index (χ0v) is 19.6. The van der Waals surface area contributed by atoms with Crippen LogP contribution in [0.5, 0.6) is 5.75 Å². The first-order valence-corrected chi connectivity index (χ1v) is 11.2. The fraction of sp³-hybridized carbons (Fsp3) is 0.370. The van der Waals surface area contributed by atoms with Crippen molar-refractivity contribution in [2.45, 2.75) is 40.2 Å². The van der Waals surface area contributed by atoms with Gasteiger partial charge < -0.3 is 19.0 Å². The summed E-state index contributed by atoms with van der Waals surface area (Å²) >= 11 is 0. The number of hydrogen-bond donors (Lipinski definition) is 0. The molecule has 0 N–H and O–H groups in total. The molecule has 1 aromatic heterocycles. The van der Waals surface area contributed by atoms with Crippen molar-refractivity contribution in [1.29, 1.82) is 0 Å². The van der Waals surface area contributed by atoms with Crippen molar-refractivity contribution in [3.8, 4) is 5.75 Å². The Labute approximate surface area is 190 Å². The lowest BCUT2D eigenvalue weighted by atomic mass is 9.97. The molecular weight excluding hydrogens is 400 g/mol. The summed E-state index contributed by atoms with van der Waals surface area (Å²) in [5, 5.41) is 0. The fourth-order valence-electron chi connectivity index (χ4n) is 4.71. The lowest BCUT2D eigenvalue weighted by Gasteiger charge is -2.41. The summed E-state index contributed by atoms with van der Waals surface area (Å²) in [6.07, 6.45) is 0.701. The van der Waals surface area contributed by atoms with Crippen LogP contribution in [0, 0.1) is 20.8 Å². The van der Waals surface area contributed by atoms with Crippen LogP contribution in [0.3, 0.4) is 0 Å². The van der Waals surface area contributed by atoms with Gasteiger partial charge >= 0.3 is 0 Å². The Morgan fingerprint density at radius 1 is 1.03 bits per heavy atom. The van der Waals surface area contributed by atoms with Gasteiger partial charge in [-0.05, 0) is 80.8 Å². The first kappa shape index (κ1) is 22.0. The summed E-state index contributed by atoms with van der Waals surface area (Å²) in [7, 11) is 1.67. The monoisotopic (exact) mass is 432 g/mol. The normalized spacial score (nSPS) is 16.3. The molecule has 5 nitrogen and oxygen atoms in total. The largest absolute Gasteiger partial charge is 0.497 e. The third-order valence-corrected chi connectivity index (χ3v) is 6.38. The number of piperazine rings is 1. The molecule has 2 aromatic carbocycles. The van der Waals surface area contributed by atoms with Crippen molar-refractivity contribution in [3.63, 3.8) is 0 Å². The molecule has 4 rings (SSSR count). The molecule has 5 heteroatoms. The van der Waals surface area contributed by atoms with E-state index in [1.54, 1.807) is 7.11 Å². The van der Waals surface area contributed by atoms with E-state index in [0.717, 1.165) is 23.7 Å². The summed E-state index contributed by atoms with van der Waals surface area (Å²) in [6, 6.07) is 16.4. The highest BCUT2D eigenvalue weighted by molar-refractivity contribution is 5.91. The van der Waals surface area contributed by atoms with Gasteiger partial charge in [0.1, 0.15) is 11.5 Å². The zero-order chi connectivity index (χ0) is 22.8. The summed E-state index contributed by atoms with van der Waals surface area (Å²) in [4.78, 5) is 17.3. The molecule has 32 heavy (non-hydrogen) atoms. The van der Waals surface area contributed by atoms with Crippen molar-refractivity contribution in [2.24, 2.45) is 0 Å². The Kier molecular flexibility index (Phi) is 6.26. The van der Waals surface area contributed by atoms with Crippen LogP contribution in [0.15, 0.2) is 52.9 Å². The van der Waals surface area contributed by atoms with Gasteiger partial charge in [-0.1, -0.05) is 17.7 Å².